The van der Waals surface area contributed by atoms with Gasteiger partial charge in [0.1, 0.15) is 6.54 Å². The largest absolute Gasteiger partial charge is 1.00 e. The van der Waals surface area contributed by atoms with E-state index in [1.807, 2.05) is 30.6 Å². The molecule has 0 aliphatic rings. The van der Waals surface area contributed by atoms with Crippen molar-refractivity contribution in [1.82, 2.24) is 0 Å². The van der Waals surface area contributed by atoms with Crippen molar-refractivity contribution < 1.29 is 31.3 Å². The number of carbonyl (C=O) groups excluding carboxylic acids is 1. The van der Waals surface area contributed by atoms with Gasteiger partial charge in [0.2, 0.25) is 5.91 Å². The van der Waals surface area contributed by atoms with Gasteiger partial charge in [0.15, 0.2) is 12.4 Å². The monoisotopic (exact) mass is 393 g/mol. The number of halogens is 1. The second kappa shape index (κ2) is 9.77. The second-order valence-corrected chi connectivity index (χ2v) is 5.38. The molecule has 2 aromatic rings. The predicted molar refractivity (Wildman–Crippen MR) is 87.0 cm³/mol. The van der Waals surface area contributed by atoms with Gasteiger partial charge < -0.3 is 22.3 Å². The molecule has 0 radical (unpaired) electrons. The molecular weight excluding hydrogens is 374 g/mol. The average molecular weight is 394 g/mol. The number of amides is 1. The van der Waals surface area contributed by atoms with Crippen molar-refractivity contribution >= 4 is 17.3 Å². The van der Waals surface area contributed by atoms with Crippen LogP contribution >= 0.6 is 0 Å². The zero-order valence-corrected chi connectivity index (χ0v) is 15.0. The summed E-state index contributed by atoms with van der Waals surface area (Å²) >= 11 is 0. The fourth-order valence-corrected chi connectivity index (χ4v) is 2.32. The van der Waals surface area contributed by atoms with Crippen molar-refractivity contribution in [2.75, 3.05) is 5.32 Å². The molecule has 0 bridgehead atoms. The van der Waals surface area contributed by atoms with E-state index in [2.05, 4.69) is 9.88 Å². The maximum atomic E-state index is 11.9. The first kappa shape index (κ1) is 19.8. The number of nitrogens with one attached hydrogen (secondary N) is 1. The molecule has 0 fully saturated rings. The highest BCUT2D eigenvalue weighted by Crippen LogP contribution is 2.21. The number of aromatic nitrogens is 1. The lowest BCUT2D eigenvalue weighted by molar-refractivity contribution is -0.697. The first-order chi connectivity index (χ1) is 11.1. The van der Waals surface area contributed by atoms with Gasteiger partial charge in [-0.25, -0.2) is 4.57 Å². The molecular formula is C17H20BrN3O3. The van der Waals surface area contributed by atoms with Crippen LogP contribution in [0.1, 0.15) is 24.8 Å². The van der Waals surface area contributed by atoms with Gasteiger partial charge in [0.25, 0.3) is 5.69 Å². The summed E-state index contributed by atoms with van der Waals surface area (Å²) in [6.07, 6.45) is 6.14. The highest BCUT2D eigenvalue weighted by molar-refractivity contribution is 5.90. The third kappa shape index (κ3) is 6.08. The third-order valence-electron chi connectivity index (χ3n) is 3.52. The smallest absolute Gasteiger partial charge is 0.272 e. The summed E-state index contributed by atoms with van der Waals surface area (Å²) < 4.78 is 2.08. The summed E-state index contributed by atoms with van der Waals surface area (Å²) in [4.78, 5) is 22.2. The summed E-state index contributed by atoms with van der Waals surface area (Å²) in [5.74, 6) is -0.0729. The number of carbonyl (C=O) groups is 1. The van der Waals surface area contributed by atoms with Crippen LogP contribution in [0.15, 0.2) is 48.8 Å². The maximum absolute atomic E-state index is 11.9. The molecule has 1 aromatic heterocycles. The van der Waals surface area contributed by atoms with E-state index in [1.54, 1.807) is 19.1 Å². The van der Waals surface area contributed by atoms with E-state index in [0.717, 1.165) is 19.4 Å². The van der Waals surface area contributed by atoms with Crippen LogP contribution in [0.2, 0.25) is 0 Å². The molecule has 0 saturated heterocycles. The molecule has 0 aliphatic heterocycles. The van der Waals surface area contributed by atoms with Crippen molar-refractivity contribution in [3.8, 4) is 0 Å². The zero-order chi connectivity index (χ0) is 16.7. The van der Waals surface area contributed by atoms with Crippen molar-refractivity contribution in [1.29, 1.82) is 0 Å². The first-order valence-corrected chi connectivity index (χ1v) is 7.55. The van der Waals surface area contributed by atoms with Crippen molar-refractivity contribution in [3.05, 3.63) is 64.5 Å². The number of hydrogen-bond acceptors (Lipinski definition) is 3. The lowest BCUT2D eigenvalue weighted by atomic mass is 10.1. The van der Waals surface area contributed by atoms with Gasteiger partial charge >= 0.3 is 0 Å². The molecule has 6 nitrogen and oxygen atoms in total. The van der Waals surface area contributed by atoms with Crippen molar-refractivity contribution in [3.63, 3.8) is 0 Å². The van der Waals surface area contributed by atoms with E-state index in [1.165, 1.54) is 6.07 Å². The van der Waals surface area contributed by atoms with E-state index < -0.39 is 4.92 Å². The summed E-state index contributed by atoms with van der Waals surface area (Å²) in [5, 5.41) is 13.5. The van der Waals surface area contributed by atoms with Crippen LogP contribution in [0, 0.1) is 17.0 Å². The lowest BCUT2D eigenvalue weighted by Crippen LogP contribution is -3.00. The first-order valence-electron chi connectivity index (χ1n) is 7.55. The van der Waals surface area contributed by atoms with Crippen molar-refractivity contribution in [2.24, 2.45) is 0 Å². The molecule has 1 heterocycles. The predicted octanol–water partition coefficient (Wildman–Crippen LogP) is 0.00372. The number of unbranched alkanes of at least 4 members (excludes halogenated alkanes) is 1. The molecule has 0 saturated carbocycles. The molecule has 24 heavy (non-hydrogen) atoms. The van der Waals surface area contributed by atoms with Crippen LogP contribution in [0.5, 0.6) is 0 Å². The number of aryl methyl sites for hydroxylation is 2. The fraction of sp³-hybridized carbons (Fsp3) is 0.294. The number of rotatable bonds is 7. The maximum Gasteiger partial charge on any atom is 0.272 e. The summed E-state index contributed by atoms with van der Waals surface area (Å²) in [6, 6.07) is 10.5. The normalized spacial score (nSPS) is 9.88. The number of benzene rings is 1. The number of pyridine rings is 1. The number of nitrogens with zero attached hydrogens (tertiary/aromatic N) is 2. The number of nitro groups is 1. The molecule has 7 heteroatoms. The zero-order valence-electron chi connectivity index (χ0n) is 13.4. The Morgan fingerprint density at radius 3 is 2.54 bits per heavy atom. The number of hydrogen-bond donors (Lipinski definition) is 1. The van der Waals surface area contributed by atoms with E-state index in [9.17, 15) is 14.9 Å². The van der Waals surface area contributed by atoms with Gasteiger partial charge in [0, 0.05) is 42.3 Å². The molecule has 0 aliphatic carbocycles. The van der Waals surface area contributed by atoms with Gasteiger partial charge in [-0.05, 0) is 25.5 Å². The standard InChI is InChI=1S/C17H19N3O3.BrH/c1-14-13-15(8-9-16(14)20(22)23)18-17(21)7-3-6-12-19-10-4-2-5-11-19;/h2,4-5,8-11,13H,3,6-7,12H2,1H3;1H. The molecule has 1 aromatic carbocycles. The summed E-state index contributed by atoms with van der Waals surface area (Å²) in [7, 11) is 0. The summed E-state index contributed by atoms with van der Waals surface area (Å²) in [6.45, 7) is 2.54. The lowest BCUT2D eigenvalue weighted by Gasteiger charge is -2.06. The Bertz CT molecular complexity index is 693. The van der Waals surface area contributed by atoms with Crippen LogP contribution in [-0.4, -0.2) is 10.8 Å². The minimum atomic E-state index is -0.428. The van der Waals surface area contributed by atoms with Gasteiger partial charge in [-0.2, -0.15) is 0 Å². The highest BCUT2D eigenvalue weighted by Gasteiger charge is 2.11. The molecule has 2 rings (SSSR count). The van der Waals surface area contributed by atoms with Crippen LogP contribution in [0.25, 0.3) is 0 Å². The number of nitro benzene ring substituents is 1. The van der Waals surface area contributed by atoms with E-state index in [4.69, 9.17) is 0 Å². The summed E-state index contributed by atoms with van der Waals surface area (Å²) in [5.41, 5.74) is 1.19. The Kier molecular flexibility index (Phi) is 8.05. The molecule has 1 N–H and O–H groups in total. The fourth-order valence-electron chi connectivity index (χ4n) is 2.32. The third-order valence-corrected chi connectivity index (χ3v) is 3.52. The van der Waals surface area contributed by atoms with Gasteiger partial charge in [0.05, 0.1) is 4.92 Å². The van der Waals surface area contributed by atoms with Crippen LogP contribution in [-0.2, 0) is 11.3 Å². The van der Waals surface area contributed by atoms with Crippen LogP contribution < -0.4 is 26.9 Å². The molecule has 0 spiro atoms. The van der Waals surface area contributed by atoms with E-state index in [0.29, 0.717) is 17.7 Å². The minimum absolute atomic E-state index is 0. The van der Waals surface area contributed by atoms with Gasteiger partial charge in [-0.15, -0.1) is 0 Å². The van der Waals surface area contributed by atoms with Gasteiger partial charge in [-0.1, -0.05) is 6.07 Å². The Morgan fingerprint density at radius 2 is 1.92 bits per heavy atom. The molecule has 0 unspecified atom stereocenters. The Labute approximate surface area is 151 Å². The second-order valence-electron chi connectivity index (χ2n) is 5.38. The van der Waals surface area contributed by atoms with Crippen LogP contribution in [0.3, 0.4) is 0 Å². The Hall–Kier alpha value is -2.28. The Balaban J connectivity index is 0.00000288. The quantitative estimate of drug-likeness (QED) is 0.311. The van der Waals surface area contributed by atoms with Crippen LogP contribution in [0.4, 0.5) is 11.4 Å². The SMILES string of the molecule is Cc1cc(NC(=O)CCCC[n+]2ccccc2)ccc1[N+](=O)[O-].[Br-]. The molecule has 1 amide bonds. The van der Waals surface area contributed by atoms with Crippen molar-refractivity contribution in [2.45, 2.75) is 32.7 Å². The minimum Gasteiger partial charge on any atom is -1.00 e. The molecule has 0 atom stereocenters. The Morgan fingerprint density at radius 1 is 1.21 bits per heavy atom. The highest BCUT2D eigenvalue weighted by atomic mass is 79.9. The van der Waals surface area contributed by atoms with Gasteiger partial charge in [-0.3, -0.25) is 14.9 Å². The van der Waals surface area contributed by atoms with E-state index >= 15 is 0 Å². The van der Waals surface area contributed by atoms with E-state index in [-0.39, 0.29) is 28.6 Å². The average Bonchev–Trinajstić information content (AvgIpc) is 2.52. The molecule has 128 valence electrons. The number of anilines is 1. The topological polar surface area (TPSA) is 76.1 Å².